The van der Waals surface area contributed by atoms with E-state index in [9.17, 15) is 19.2 Å². The van der Waals surface area contributed by atoms with Crippen LogP contribution in [0.4, 0.5) is 16.2 Å². The molecule has 2 aromatic carbocycles. The molecule has 4 N–H and O–H groups in total. The van der Waals surface area contributed by atoms with Crippen molar-refractivity contribution in [1.29, 1.82) is 0 Å². The molecule has 2 aromatic heterocycles. The quantitative estimate of drug-likeness (QED) is 0.332. The summed E-state index contributed by atoms with van der Waals surface area (Å²) in [6.07, 6.45) is 3.09. The number of aromatic nitrogens is 3. The minimum atomic E-state index is -0.568. The lowest BCUT2D eigenvalue weighted by Crippen LogP contribution is -2.31. The van der Waals surface area contributed by atoms with Gasteiger partial charge in [-0.25, -0.2) is 14.6 Å². The number of carbonyl (C=O) groups is 2. The van der Waals surface area contributed by atoms with E-state index in [1.165, 1.54) is 16.8 Å². The van der Waals surface area contributed by atoms with Crippen molar-refractivity contribution in [3.63, 3.8) is 0 Å². The predicted octanol–water partition coefficient (Wildman–Crippen LogP) is 3.55. The van der Waals surface area contributed by atoms with Gasteiger partial charge in [-0.3, -0.25) is 19.1 Å². The van der Waals surface area contributed by atoms with Gasteiger partial charge in [0.15, 0.2) is 0 Å². The number of urea groups is 1. The summed E-state index contributed by atoms with van der Waals surface area (Å²) < 4.78 is 1.48. The van der Waals surface area contributed by atoms with Gasteiger partial charge < -0.3 is 16.0 Å². The molecule has 0 radical (unpaired) electrons. The monoisotopic (exact) mass is 484 g/mol. The Kier molecular flexibility index (Phi) is 6.07. The largest absolute Gasteiger partial charge is 0.345 e. The highest BCUT2D eigenvalue weighted by atomic mass is 16.2. The number of nitrogens with zero attached hydrogens (tertiary/aromatic N) is 2. The van der Waals surface area contributed by atoms with Crippen LogP contribution in [-0.4, -0.2) is 26.5 Å². The molecule has 10 heteroatoms. The van der Waals surface area contributed by atoms with Crippen molar-refractivity contribution >= 4 is 34.3 Å². The van der Waals surface area contributed by atoms with Crippen LogP contribution in [-0.2, 0) is 0 Å². The Morgan fingerprint density at radius 2 is 1.67 bits per heavy atom. The topological polar surface area (TPSA) is 138 Å². The second-order valence-corrected chi connectivity index (χ2v) is 8.72. The minimum Gasteiger partial charge on any atom is -0.345 e. The standard InChI is InChI=1S/C26H24N6O4/c1-15(16-7-9-19(10-8-16)30-25(35)29-18-5-3-2-4-6-18)28-23(33)17-13-21-22(27-14-17)32(20-11-12-20)26(36)31-24(21)34/h2-10,13-15,20H,11-12H2,1H3,(H,28,33)(H2,29,30,35)(H,31,34,36). The Hall–Kier alpha value is -4.73. The number of anilines is 2. The maximum absolute atomic E-state index is 12.9. The molecule has 1 saturated carbocycles. The molecule has 4 aromatic rings. The molecule has 1 aliphatic rings. The number of amides is 3. The first-order valence-corrected chi connectivity index (χ1v) is 11.6. The molecule has 1 atom stereocenters. The summed E-state index contributed by atoms with van der Waals surface area (Å²) in [7, 11) is 0. The number of rotatable bonds is 6. The van der Waals surface area contributed by atoms with E-state index in [1.54, 1.807) is 36.4 Å². The number of hydrogen-bond donors (Lipinski definition) is 4. The number of nitrogens with one attached hydrogen (secondary N) is 4. The third-order valence-corrected chi connectivity index (χ3v) is 6.00. The summed E-state index contributed by atoms with van der Waals surface area (Å²) in [5.41, 5.74) is 1.57. The summed E-state index contributed by atoms with van der Waals surface area (Å²) in [5, 5.41) is 8.60. The lowest BCUT2D eigenvalue weighted by atomic mass is 10.1. The van der Waals surface area contributed by atoms with E-state index in [0.717, 1.165) is 18.4 Å². The molecule has 0 saturated heterocycles. The van der Waals surface area contributed by atoms with Gasteiger partial charge in [-0.15, -0.1) is 0 Å². The molecule has 3 amide bonds. The Labute approximate surface area is 205 Å². The first kappa shape index (κ1) is 23.0. The lowest BCUT2D eigenvalue weighted by Gasteiger charge is -2.15. The zero-order chi connectivity index (χ0) is 25.2. The highest BCUT2D eigenvalue weighted by Gasteiger charge is 2.28. The first-order valence-electron chi connectivity index (χ1n) is 11.6. The van der Waals surface area contributed by atoms with Crippen molar-refractivity contribution in [2.24, 2.45) is 0 Å². The number of H-pyrrole nitrogens is 1. The third-order valence-electron chi connectivity index (χ3n) is 6.00. The molecule has 1 fully saturated rings. The zero-order valence-corrected chi connectivity index (χ0v) is 19.4. The van der Waals surface area contributed by atoms with Crippen LogP contribution >= 0.6 is 0 Å². The summed E-state index contributed by atoms with van der Waals surface area (Å²) in [4.78, 5) is 56.2. The van der Waals surface area contributed by atoms with E-state index in [-0.39, 0.29) is 34.7 Å². The maximum atomic E-state index is 12.9. The normalized spacial score (nSPS) is 13.7. The molecular formula is C26H24N6O4. The van der Waals surface area contributed by atoms with Crippen molar-refractivity contribution in [2.75, 3.05) is 10.6 Å². The van der Waals surface area contributed by atoms with Crippen LogP contribution < -0.4 is 27.2 Å². The molecule has 0 aliphatic heterocycles. The van der Waals surface area contributed by atoms with Crippen LogP contribution in [0.1, 0.15) is 47.8 Å². The Morgan fingerprint density at radius 3 is 2.33 bits per heavy atom. The summed E-state index contributed by atoms with van der Waals surface area (Å²) in [6.45, 7) is 1.83. The molecule has 5 rings (SSSR count). The van der Waals surface area contributed by atoms with Gasteiger partial charge in [0.1, 0.15) is 5.65 Å². The lowest BCUT2D eigenvalue weighted by molar-refractivity contribution is 0.0939. The van der Waals surface area contributed by atoms with Gasteiger partial charge >= 0.3 is 11.7 Å². The van der Waals surface area contributed by atoms with Crippen LogP contribution in [0.25, 0.3) is 11.0 Å². The Morgan fingerprint density at radius 1 is 1.00 bits per heavy atom. The average Bonchev–Trinajstić information content (AvgIpc) is 3.70. The SMILES string of the molecule is CC(NC(=O)c1cnc2c(c1)c(=O)[nH]c(=O)n2C1CC1)c1ccc(NC(=O)Nc2ccccc2)cc1. The van der Waals surface area contributed by atoms with Crippen LogP contribution in [0.15, 0.2) is 76.4 Å². The van der Waals surface area contributed by atoms with E-state index in [2.05, 4.69) is 25.9 Å². The molecular weight excluding hydrogens is 460 g/mol. The molecule has 36 heavy (non-hydrogen) atoms. The molecule has 182 valence electrons. The number of fused-ring (bicyclic) bond motifs is 1. The Bertz CT molecular complexity index is 1560. The predicted molar refractivity (Wildman–Crippen MR) is 136 cm³/mol. The summed E-state index contributed by atoms with van der Waals surface area (Å²) >= 11 is 0. The van der Waals surface area contributed by atoms with E-state index in [4.69, 9.17) is 0 Å². The highest BCUT2D eigenvalue weighted by Crippen LogP contribution is 2.34. The highest BCUT2D eigenvalue weighted by molar-refractivity contribution is 5.99. The summed E-state index contributed by atoms with van der Waals surface area (Å²) in [5.74, 6) is -0.398. The molecule has 0 spiro atoms. The van der Waals surface area contributed by atoms with Crippen LogP contribution in [0.2, 0.25) is 0 Å². The minimum absolute atomic E-state index is 0.0333. The van der Waals surface area contributed by atoms with Gasteiger partial charge in [-0.05, 0) is 55.7 Å². The van der Waals surface area contributed by atoms with E-state index in [1.807, 2.05) is 25.1 Å². The van der Waals surface area contributed by atoms with Crippen molar-refractivity contribution in [2.45, 2.75) is 31.8 Å². The molecule has 0 bridgehead atoms. The number of pyridine rings is 1. The summed E-state index contributed by atoms with van der Waals surface area (Å²) in [6, 6.07) is 17.0. The van der Waals surface area contributed by atoms with E-state index < -0.39 is 17.2 Å². The van der Waals surface area contributed by atoms with Crippen molar-refractivity contribution in [1.82, 2.24) is 19.9 Å². The van der Waals surface area contributed by atoms with Gasteiger partial charge in [-0.1, -0.05) is 30.3 Å². The van der Waals surface area contributed by atoms with Crippen molar-refractivity contribution in [3.8, 4) is 0 Å². The Balaban J connectivity index is 1.26. The van der Waals surface area contributed by atoms with Gasteiger partial charge in [-0.2, -0.15) is 0 Å². The molecule has 2 heterocycles. The smallest absolute Gasteiger partial charge is 0.330 e. The number of carbonyl (C=O) groups excluding carboxylic acids is 2. The van der Waals surface area contributed by atoms with Crippen LogP contribution in [0.5, 0.6) is 0 Å². The van der Waals surface area contributed by atoms with Gasteiger partial charge in [0, 0.05) is 23.6 Å². The van der Waals surface area contributed by atoms with E-state index in [0.29, 0.717) is 11.4 Å². The fraction of sp³-hybridized carbons (Fsp3) is 0.192. The van der Waals surface area contributed by atoms with Gasteiger partial charge in [0.2, 0.25) is 0 Å². The first-order chi connectivity index (χ1) is 17.4. The zero-order valence-electron chi connectivity index (χ0n) is 19.4. The maximum Gasteiger partial charge on any atom is 0.330 e. The van der Waals surface area contributed by atoms with Crippen LogP contribution in [0, 0.1) is 0 Å². The fourth-order valence-corrected chi connectivity index (χ4v) is 3.97. The molecule has 1 unspecified atom stereocenters. The van der Waals surface area contributed by atoms with Gasteiger partial charge in [0.05, 0.1) is 17.0 Å². The number of para-hydroxylation sites is 1. The third kappa shape index (κ3) is 4.88. The number of hydrogen-bond acceptors (Lipinski definition) is 5. The molecule has 10 nitrogen and oxygen atoms in total. The van der Waals surface area contributed by atoms with Crippen LogP contribution in [0.3, 0.4) is 0 Å². The average molecular weight is 485 g/mol. The number of benzene rings is 2. The second-order valence-electron chi connectivity index (χ2n) is 8.72. The second kappa shape index (κ2) is 9.49. The number of aromatic amines is 1. The van der Waals surface area contributed by atoms with E-state index >= 15 is 0 Å². The van der Waals surface area contributed by atoms with Gasteiger partial charge in [0.25, 0.3) is 11.5 Å². The molecule has 1 aliphatic carbocycles. The van der Waals surface area contributed by atoms with Crippen molar-refractivity contribution < 1.29 is 9.59 Å². The van der Waals surface area contributed by atoms with Crippen molar-refractivity contribution in [3.05, 3.63) is 98.8 Å². The fourth-order valence-electron chi connectivity index (χ4n) is 3.97.